The van der Waals surface area contributed by atoms with E-state index >= 15 is 0 Å². The molecule has 1 N–H and O–H groups in total. The van der Waals surface area contributed by atoms with Crippen molar-refractivity contribution in [2.24, 2.45) is 5.92 Å². The summed E-state index contributed by atoms with van der Waals surface area (Å²) in [6, 6.07) is 10.4. The Balaban J connectivity index is 2.02. The lowest BCUT2D eigenvalue weighted by Gasteiger charge is -2.29. The molecule has 0 radical (unpaired) electrons. The van der Waals surface area contributed by atoms with Crippen molar-refractivity contribution >= 4 is 11.6 Å². The zero-order valence-electron chi connectivity index (χ0n) is 12.3. The predicted octanol–water partition coefficient (Wildman–Crippen LogP) is 2.10. The molecule has 106 valence electrons. The minimum atomic E-state index is -0.809. The summed E-state index contributed by atoms with van der Waals surface area (Å²) in [5, 5.41) is 12.1. The first kappa shape index (κ1) is 14.4. The van der Waals surface area contributed by atoms with Gasteiger partial charge in [0.1, 0.15) is 5.54 Å². The fourth-order valence-electron chi connectivity index (χ4n) is 2.37. The molecule has 1 unspecified atom stereocenters. The Morgan fingerprint density at radius 1 is 1.50 bits per heavy atom. The van der Waals surface area contributed by atoms with Gasteiger partial charge in [-0.1, -0.05) is 32.0 Å². The Bertz CT molecular complexity index is 547. The minimum Gasteiger partial charge on any atom is -0.362 e. The molecule has 0 spiro atoms. The number of hydrogen-bond donors (Lipinski definition) is 1. The maximum atomic E-state index is 12.2. The van der Waals surface area contributed by atoms with E-state index in [0.717, 1.165) is 18.7 Å². The summed E-state index contributed by atoms with van der Waals surface area (Å²) in [5.74, 6) is -0.0261. The Labute approximate surface area is 120 Å². The van der Waals surface area contributed by atoms with Gasteiger partial charge >= 0.3 is 0 Å². The van der Waals surface area contributed by atoms with Gasteiger partial charge in [0.05, 0.1) is 12.6 Å². The summed E-state index contributed by atoms with van der Waals surface area (Å²) < 4.78 is 0. The van der Waals surface area contributed by atoms with Crippen LogP contribution in [0, 0.1) is 17.2 Å². The van der Waals surface area contributed by atoms with E-state index in [2.05, 4.69) is 22.4 Å². The van der Waals surface area contributed by atoms with E-state index in [0.29, 0.717) is 6.54 Å². The number of anilines is 1. The lowest BCUT2D eigenvalue weighted by molar-refractivity contribution is -0.121. The van der Waals surface area contributed by atoms with Crippen molar-refractivity contribution in [2.45, 2.75) is 32.7 Å². The van der Waals surface area contributed by atoms with Gasteiger partial charge in [-0.2, -0.15) is 5.26 Å². The van der Waals surface area contributed by atoms with E-state index in [1.54, 1.807) is 6.92 Å². The van der Waals surface area contributed by atoms with Crippen LogP contribution in [0.2, 0.25) is 0 Å². The molecule has 0 fully saturated rings. The Morgan fingerprint density at radius 2 is 2.20 bits per heavy atom. The van der Waals surface area contributed by atoms with Crippen LogP contribution in [0.4, 0.5) is 5.69 Å². The fraction of sp³-hybridized carbons (Fsp3) is 0.500. The van der Waals surface area contributed by atoms with Crippen molar-refractivity contribution in [3.8, 4) is 6.07 Å². The molecule has 1 aromatic rings. The van der Waals surface area contributed by atoms with Gasteiger partial charge < -0.3 is 10.2 Å². The molecule has 1 aromatic carbocycles. The van der Waals surface area contributed by atoms with Crippen molar-refractivity contribution in [2.75, 3.05) is 18.0 Å². The van der Waals surface area contributed by atoms with E-state index in [9.17, 15) is 10.1 Å². The number of para-hydroxylation sites is 1. The number of fused-ring (bicyclic) bond motifs is 1. The highest BCUT2D eigenvalue weighted by atomic mass is 16.2. The monoisotopic (exact) mass is 271 g/mol. The van der Waals surface area contributed by atoms with Crippen molar-refractivity contribution in [3.05, 3.63) is 29.8 Å². The van der Waals surface area contributed by atoms with Crippen molar-refractivity contribution in [1.82, 2.24) is 5.32 Å². The Kier molecular flexibility index (Phi) is 3.99. The van der Waals surface area contributed by atoms with Gasteiger partial charge in [-0.25, -0.2) is 0 Å². The zero-order valence-corrected chi connectivity index (χ0v) is 12.3. The molecule has 0 bridgehead atoms. The van der Waals surface area contributed by atoms with Gasteiger partial charge in [-0.3, -0.25) is 4.79 Å². The van der Waals surface area contributed by atoms with Crippen molar-refractivity contribution in [3.63, 3.8) is 0 Å². The molecule has 4 heteroatoms. The zero-order chi connectivity index (χ0) is 14.8. The molecule has 1 atom stereocenters. The lowest BCUT2D eigenvalue weighted by Crippen LogP contribution is -2.51. The van der Waals surface area contributed by atoms with Crippen LogP contribution in [0.1, 0.15) is 26.3 Å². The molecule has 4 nitrogen and oxygen atoms in total. The smallest absolute Gasteiger partial charge is 0.240 e. The SMILES string of the molecule is CC(C)C(C)(C#N)NC(=O)CN1CCc2ccccc21. The molecule has 0 aliphatic carbocycles. The highest BCUT2D eigenvalue weighted by Crippen LogP contribution is 2.27. The third-order valence-corrected chi connectivity index (χ3v) is 4.10. The molecular weight excluding hydrogens is 250 g/mol. The normalized spacial score (nSPS) is 16.4. The van der Waals surface area contributed by atoms with Gasteiger partial charge in [0.25, 0.3) is 0 Å². The molecule has 0 saturated heterocycles. The maximum Gasteiger partial charge on any atom is 0.240 e. The fourth-order valence-corrected chi connectivity index (χ4v) is 2.37. The molecule has 1 heterocycles. The molecule has 1 aliphatic heterocycles. The topological polar surface area (TPSA) is 56.1 Å². The molecule has 0 saturated carbocycles. The lowest BCUT2D eigenvalue weighted by atomic mass is 9.90. The van der Waals surface area contributed by atoms with Crippen LogP contribution in [-0.2, 0) is 11.2 Å². The quantitative estimate of drug-likeness (QED) is 0.912. The van der Waals surface area contributed by atoms with Gasteiger partial charge in [-0.05, 0) is 30.9 Å². The molecular formula is C16H21N3O. The van der Waals surface area contributed by atoms with E-state index in [1.807, 2.05) is 32.0 Å². The molecule has 0 aromatic heterocycles. The van der Waals surface area contributed by atoms with Crippen molar-refractivity contribution < 1.29 is 4.79 Å². The number of carbonyl (C=O) groups is 1. The number of hydrogen-bond acceptors (Lipinski definition) is 3. The van der Waals surface area contributed by atoms with Crippen LogP contribution in [0.25, 0.3) is 0 Å². The summed E-state index contributed by atoms with van der Waals surface area (Å²) in [6.07, 6.45) is 0.975. The first-order valence-corrected chi connectivity index (χ1v) is 7.01. The number of nitrogens with one attached hydrogen (secondary N) is 1. The van der Waals surface area contributed by atoms with Crippen LogP contribution in [0.5, 0.6) is 0 Å². The average molecular weight is 271 g/mol. The third-order valence-electron chi connectivity index (χ3n) is 4.10. The number of amides is 1. The van der Waals surface area contributed by atoms with E-state index < -0.39 is 5.54 Å². The molecule has 2 rings (SSSR count). The maximum absolute atomic E-state index is 12.2. The summed E-state index contributed by atoms with van der Waals surface area (Å²) in [6.45, 7) is 6.82. The third kappa shape index (κ3) is 2.77. The molecule has 1 amide bonds. The first-order valence-electron chi connectivity index (χ1n) is 7.01. The van der Waals surface area contributed by atoms with Crippen LogP contribution in [0.15, 0.2) is 24.3 Å². The standard InChI is InChI=1S/C16H21N3O/c1-12(2)16(3,11-17)18-15(20)10-19-9-8-13-6-4-5-7-14(13)19/h4-7,12H,8-10H2,1-3H3,(H,18,20). The second-order valence-electron chi connectivity index (χ2n) is 5.82. The van der Waals surface area contributed by atoms with Crippen LogP contribution in [-0.4, -0.2) is 24.5 Å². The van der Waals surface area contributed by atoms with E-state index in [-0.39, 0.29) is 11.8 Å². The van der Waals surface area contributed by atoms with E-state index in [4.69, 9.17) is 0 Å². The number of nitriles is 1. The Hall–Kier alpha value is -2.02. The summed E-state index contributed by atoms with van der Waals surface area (Å²) in [5.41, 5.74) is 1.61. The Morgan fingerprint density at radius 3 is 2.85 bits per heavy atom. The number of benzene rings is 1. The first-order chi connectivity index (χ1) is 9.46. The summed E-state index contributed by atoms with van der Waals surface area (Å²) >= 11 is 0. The van der Waals surface area contributed by atoms with Crippen LogP contribution < -0.4 is 10.2 Å². The van der Waals surface area contributed by atoms with Gasteiger partial charge in [0.15, 0.2) is 0 Å². The molecule has 20 heavy (non-hydrogen) atoms. The van der Waals surface area contributed by atoms with Gasteiger partial charge in [-0.15, -0.1) is 0 Å². The second-order valence-corrected chi connectivity index (χ2v) is 5.82. The largest absolute Gasteiger partial charge is 0.362 e. The number of rotatable bonds is 4. The molecule has 1 aliphatic rings. The number of carbonyl (C=O) groups excluding carboxylic acids is 1. The number of nitrogens with zero attached hydrogens (tertiary/aromatic N) is 2. The van der Waals surface area contributed by atoms with Gasteiger partial charge in [0.2, 0.25) is 5.91 Å². The highest BCUT2D eigenvalue weighted by Gasteiger charge is 2.31. The summed E-state index contributed by atoms with van der Waals surface area (Å²) in [7, 11) is 0. The average Bonchev–Trinajstić information content (AvgIpc) is 2.82. The van der Waals surface area contributed by atoms with Crippen LogP contribution >= 0.6 is 0 Å². The second kappa shape index (κ2) is 5.54. The predicted molar refractivity (Wildman–Crippen MR) is 79.4 cm³/mol. The highest BCUT2D eigenvalue weighted by molar-refractivity contribution is 5.83. The van der Waals surface area contributed by atoms with Crippen LogP contribution in [0.3, 0.4) is 0 Å². The van der Waals surface area contributed by atoms with Gasteiger partial charge in [0, 0.05) is 12.2 Å². The minimum absolute atomic E-state index is 0.0716. The summed E-state index contributed by atoms with van der Waals surface area (Å²) in [4.78, 5) is 14.3. The van der Waals surface area contributed by atoms with E-state index in [1.165, 1.54) is 5.56 Å². The van der Waals surface area contributed by atoms with Crippen molar-refractivity contribution in [1.29, 1.82) is 5.26 Å².